The fourth-order valence-corrected chi connectivity index (χ4v) is 2.24. The minimum Gasteiger partial charge on any atom is -0.240 e. The van der Waals surface area contributed by atoms with E-state index in [1.165, 1.54) is 0 Å². The number of aromatic nitrogens is 2. The van der Waals surface area contributed by atoms with Crippen molar-refractivity contribution in [3.05, 3.63) is 70.4 Å². The van der Waals surface area contributed by atoms with Gasteiger partial charge in [0, 0.05) is 21.3 Å². The van der Waals surface area contributed by atoms with Crippen LogP contribution in [0.4, 0.5) is 0 Å². The molecule has 1 aromatic heterocycles. The van der Waals surface area contributed by atoms with Crippen molar-refractivity contribution in [3.8, 4) is 16.8 Å². The molecule has 0 amide bonds. The molecular formula is C15H10BrClN2. The Hall–Kier alpha value is -1.58. The average molecular weight is 334 g/mol. The molecule has 0 saturated carbocycles. The summed E-state index contributed by atoms with van der Waals surface area (Å²) in [5.41, 5.74) is 3.20. The summed E-state index contributed by atoms with van der Waals surface area (Å²) < 4.78 is 2.91. The van der Waals surface area contributed by atoms with Crippen LogP contribution in [0.25, 0.3) is 16.8 Å². The molecule has 4 heteroatoms. The molecular weight excluding hydrogens is 324 g/mol. The highest BCUT2D eigenvalue weighted by molar-refractivity contribution is 9.10. The third-order valence-corrected chi connectivity index (χ3v) is 3.63. The fourth-order valence-electron chi connectivity index (χ4n) is 1.85. The summed E-state index contributed by atoms with van der Waals surface area (Å²) in [5, 5.41) is 5.12. The van der Waals surface area contributed by atoms with E-state index in [9.17, 15) is 0 Å². The van der Waals surface area contributed by atoms with Crippen molar-refractivity contribution < 1.29 is 0 Å². The van der Waals surface area contributed by atoms with Crippen LogP contribution in [-0.4, -0.2) is 9.78 Å². The second-order valence-electron chi connectivity index (χ2n) is 4.16. The van der Waals surface area contributed by atoms with Gasteiger partial charge in [-0.1, -0.05) is 39.7 Å². The minimum absolute atomic E-state index is 0.740. The van der Waals surface area contributed by atoms with Crippen molar-refractivity contribution in [2.24, 2.45) is 0 Å². The number of benzene rings is 2. The maximum Gasteiger partial charge on any atom is 0.0646 e. The maximum atomic E-state index is 5.89. The second-order valence-corrected chi connectivity index (χ2v) is 5.51. The van der Waals surface area contributed by atoms with Crippen LogP contribution in [-0.2, 0) is 0 Å². The zero-order valence-corrected chi connectivity index (χ0v) is 12.3. The highest BCUT2D eigenvalue weighted by Crippen LogP contribution is 2.22. The molecule has 0 bridgehead atoms. The molecule has 0 aliphatic heterocycles. The van der Waals surface area contributed by atoms with E-state index in [0.29, 0.717) is 0 Å². The quantitative estimate of drug-likeness (QED) is 0.648. The van der Waals surface area contributed by atoms with Gasteiger partial charge in [0.05, 0.1) is 11.9 Å². The molecule has 1 heterocycles. The van der Waals surface area contributed by atoms with Gasteiger partial charge >= 0.3 is 0 Å². The number of hydrogen-bond acceptors (Lipinski definition) is 1. The van der Waals surface area contributed by atoms with Crippen molar-refractivity contribution in [2.75, 3.05) is 0 Å². The topological polar surface area (TPSA) is 17.8 Å². The van der Waals surface area contributed by atoms with E-state index in [1.54, 1.807) is 0 Å². The van der Waals surface area contributed by atoms with Crippen LogP contribution in [0.5, 0.6) is 0 Å². The average Bonchev–Trinajstić information content (AvgIpc) is 2.90. The van der Waals surface area contributed by atoms with E-state index in [4.69, 9.17) is 11.6 Å². The normalized spacial score (nSPS) is 10.6. The molecule has 19 heavy (non-hydrogen) atoms. The second kappa shape index (κ2) is 5.19. The van der Waals surface area contributed by atoms with Gasteiger partial charge in [-0.15, -0.1) is 0 Å². The summed E-state index contributed by atoms with van der Waals surface area (Å²) in [4.78, 5) is 0. The monoisotopic (exact) mass is 332 g/mol. The standard InChI is InChI=1S/C15H10BrClN2/c16-13-3-7-15(8-4-13)19-10-12(9-18-19)11-1-5-14(17)6-2-11/h1-10H. The van der Waals surface area contributed by atoms with E-state index < -0.39 is 0 Å². The van der Waals surface area contributed by atoms with Crippen molar-refractivity contribution in [1.82, 2.24) is 9.78 Å². The van der Waals surface area contributed by atoms with Gasteiger partial charge in [-0.2, -0.15) is 5.10 Å². The Morgan fingerprint density at radius 3 is 2.26 bits per heavy atom. The van der Waals surface area contributed by atoms with E-state index >= 15 is 0 Å². The number of hydrogen-bond donors (Lipinski definition) is 0. The summed E-state index contributed by atoms with van der Waals surface area (Å²) in [7, 11) is 0. The lowest BCUT2D eigenvalue weighted by atomic mass is 10.1. The lowest BCUT2D eigenvalue weighted by Gasteiger charge is -2.00. The molecule has 2 nitrogen and oxygen atoms in total. The Kier molecular flexibility index (Phi) is 3.40. The molecule has 0 atom stereocenters. The molecule has 0 radical (unpaired) electrons. The van der Waals surface area contributed by atoms with Crippen LogP contribution < -0.4 is 0 Å². The van der Waals surface area contributed by atoms with E-state index in [2.05, 4.69) is 21.0 Å². The molecule has 0 unspecified atom stereocenters. The van der Waals surface area contributed by atoms with Crippen molar-refractivity contribution in [3.63, 3.8) is 0 Å². The Morgan fingerprint density at radius 1 is 0.895 bits per heavy atom. The maximum absolute atomic E-state index is 5.89. The molecule has 3 aromatic rings. The van der Waals surface area contributed by atoms with Gasteiger partial charge in [-0.25, -0.2) is 4.68 Å². The number of nitrogens with zero attached hydrogens (tertiary/aromatic N) is 2. The van der Waals surface area contributed by atoms with Gasteiger partial charge in [-0.3, -0.25) is 0 Å². The summed E-state index contributed by atoms with van der Waals surface area (Å²) >= 11 is 9.31. The van der Waals surface area contributed by atoms with E-state index in [-0.39, 0.29) is 0 Å². The fraction of sp³-hybridized carbons (Fsp3) is 0. The number of halogens is 2. The first kappa shape index (κ1) is 12.5. The summed E-state index contributed by atoms with van der Waals surface area (Å²) in [6.45, 7) is 0. The largest absolute Gasteiger partial charge is 0.240 e. The molecule has 0 spiro atoms. The van der Waals surface area contributed by atoms with Crippen LogP contribution >= 0.6 is 27.5 Å². The SMILES string of the molecule is Clc1ccc(-c2cnn(-c3ccc(Br)cc3)c2)cc1. The zero-order valence-electron chi connectivity index (χ0n) is 9.92. The Morgan fingerprint density at radius 2 is 1.58 bits per heavy atom. The first-order valence-corrected chi connectivity index (χ1v) is 6.96. The number of rotatable bonds is 2. The van der Waals surface area contributed by atoms with E-state index in [0.717, 1.165) is 26.3 Å². The van der Waals surface area contributed by atoms with Crippen LogP contribution in [0.3, 0.4) is 0 Å². The van der Waals surface area contributed by atoms with Gasteiger partial charge in [0.2, 0.25) is 0 Å². The van der Waals surface area contributed by atoms with Crippen LogP contribution in [0, 0.1) is 0 Å². The highest BCUT2D eigenvalue weighted by Gasteiger charge is 2.03. The zero-order chi connectivity index (χ0) is 13.2. The summed E-state index contributed by atoms with van der Waals surface area (Å²) in [6, 6.07) is 15.8. The Balaban J connectivity index is 1.95. The van der Waals surface area contributed by atoms with E-state index in [1.807, 2.05) is 65.6 Å². The van der Waals surface area contributed by atoms with Crippen molar-refractivity contribution in [2.45, 2.75) is 0 Å². The summed E-state index contributed by atoms with van der Waals surface area (Å²) in [6.07, 6.45) is 3.86. The highest BCUT2D eigenvalue weighted by atomic mass is 79.9. The van der Waals surface area contributed by atoms with Crippen LogP contribution in [0.1, 0.15) is 0 Å². The predicted octanol–water partition coefficient (Wildman–Crippen LogP) is 4.96. The Labute approximate surface area is 124 Å². The van der Waals surface area contributed by atoms with Gasteiger partial charge in [-0.05, 0) is 42.0 Å². The van der Waals surface area contributed by atoms with Crippen LogP contribution in [0.15, 0.2) is 65.4 Å². The van der Waals surface area contributed by atoms with Crippen molar-refractivity contribution >= 4 is 27.5 Å². The third kappa shape index (κ3) is 2.72. The van der Waals surface area contributed by atoms with Gasteiger partial charge < -0.3 is 0 Å². The molecule has 0 aliphatic rings. The molecule has 0 N–H and O–H groups in total. The lowest BCUT2D eigenvalue weighted by Crippen LogP contribution is -1.92. The molecule has 0 saturated heterocycles. The van der Waals surface area contributed by atoms with Crippen molar-refractivity contribution in [1.29, 1.82) is 0 Å². The molecule has 94 valence electrons. The van der Waals surface area contributed by atoms with Gasteiger partial charge in [0.1, 0.15) is 0 Å². The smallest absolute Gasteiger partial charge is 0.0646 e. The van der Waals surface area contributed by atoms with Gasteiger partial charge in [0.25, 0.3) is 0 Å². The summed E-state index contributed by atoms with van der Waals surface area (Å²) in [5.74, 6) is 0. The third-order valence-electron chi connectivity index (χ3n) is 2.85. The van der Waals surface area contributed by atoms with Gasteiger partial charge in [0.15, 0.2) is 0 Å². The molecule has 2 aromatic carbocycles. The molecule has 0 aliphatic carbocycles. The van der Waals surface area contributed by atoms with Crippen LogP contribution in [0.2, 0.25) is 5.02 Å². The lowest BCUT2D eigenvalue weighted by molar-refractivity contribution is 0.880. The first-order valence-electron chi connectivity index (χ1n) is 5.79. The molecule has 0 fully saturated rings. The predicted molar refractivity (Wildman–Crippen MR) is 81.7 cm³/mol. The minimum atomic E-state index is 0.740. The first-order chi connectivity index (χ1) is 9.22. The molecule has 3 rings (SSSR count). The Bertz CT molecular complexity index is 627.